The molecule has 0 heterocycles. The van der Waals surface area contributed by atoms with E-state index in [2.05, 4.69) is 43.4 Å². The summed E-state index contributed by atoms with van der Waals surface area (Å²) in [6.45, 7) is 5.53. The van der Waals surface area contributed by atoms with E-state index in [0.717, 1.165) is 12.5 Å². The molecule has 0 aliphatic heterocycles. The van der Waals surface area contributed by atoms with Crippen molar-refractivity contribution < 1.29 is 0 Å². The van der Waals surface area contributed by atoms with Gasteiger partial charge in [-0.15, -0.1) is 0 Å². The number of hydrogen-bond donors (Lipinski definition) is 1. The largest absolute Gasteiger partial charge is 0.310 e. The van der Waals surface area contributed by atoms with Crippen molar-refractivity contribution in [3.63, 3.8) is 0 Å². The molecule has 2 rings (SSSR count). The van der Waals surface area contributed by atoms with Gasteiger partial charge in [0.05, 0.1) is 0 Å². The Labute approximate surface area is 112 Å². The van der Waals surface area contributed by atoms with E-state index in [-0.39, 0.29) is 0 Å². The maximum atomic E-state index is 3.69. The average molecular weight is 245 g/mol. The molecule has 0 saturated heterocycles. The smallest absolute Gasteiger partial charge is 0.0348 e. The van der Waals surface area contributed by atoms with Gasteiger partial charge >= 0.3 is 0 Å². The summed E-state index contributed by atoms with van der Waals surface area (Å²) in [5.41, 5.74) is 2.96. The molecule has 1 aliphatic carbocycles. The minimum absolute atomic E-state index is 0.577. The van der Waals surface area contributed by atoms with Gasteiger partial charge in [0.1, 0.15) is 0 Å². The molecule has 1 unspecified atom stereocenters. The van der Waals surface area contributed by atoms with Crippen molar-refractivity contribution in [2.45, 2.75) is 58.4 Å². The predicted octanol–water partition coefficient (Wildman–Crippen LogP) is 4.48. The van der Waals surface area contributed by atoms with Gasteiger partial charge in [-0.25, -0.2) is 0 Å². The molecule has 1 aromatic carbocycles. The van der Waals surface area contributed by atoms with Gasteiger partial charge in [0.25, 0.3) is 0 Å². The van der Waals surface area contributed by atoms with Crippen molar-refractivity contribution in [3.8, 4) is 0 Å². The van der Waals surface area contributed by atoms with Gasteiger partial charge in [0, 0.05) is 6.04 Å². The Morgan fingerprint density at radius 2 is 1.78 bits per heavy atom. The van der Waals surface area contributed by atoms with Crippen LogP contribution in [-0.4, -0.2) is 6.54 Å². The molecule has 1 saturated carbocycles. The second-order valence-electron chi connectivity index (χ2n) is 5.57. The quantitative estimate of drug-likeness (QED) is 0.779. The minimum atomic E-state index is 0.577. The first-order valence-electron chi connectivity index (χ1n) is 7.67. The Morgan fingerprint density at radius 3 is 2.33 bits per heavy atom. The highest BCUT2D eigenvalue weighted by molar-refractivity contribution is 5.26. The third-order valence-electron chi connectivity index (χ3n) is 4.17. The highest BCUT2D eigenvalue weighted by Gasteiger charge is 2.25. The second kappa shape index (κ2) is 6.94. The summed E-state index contributed by atoms with van der Waals surface area (Å²) in [6, 6.07) is 9.90. The van der Waals surface area contributed by atoms with E-state index in [9.17, 15) is 0 Å². The number of benzene rings is 1. The molecule has 1 aromatic rings. The summed E-state index contributed by atoms with van der Waals surface area (Å²) in [6.07, 6.45) is 8.07. The SMILES string of the molecule is CCCc1ccc(C(NCC)C2CCCC2)cc1. The first-order valence-corrected chi connectivity index (χ1v) is 7.67. The van der Waals surface area contributed by atoms with Crippen molar-refractivity contribution in [2.24, 2.45) is 5.92 Å². The van der Waals surface area contributed by atoms with Gasteiger partial charge in [-0.2, -0.15) is 0 Å². The lowest BCUT2D eigenvalue weighted by Gasteiger charge is -2.25. The Morgan fingerprint density at radius 1 is 1.11 bits per heavy atom. The molecule has 1 N–H and O–H groups in total. The lowest BCUT2D eigenvalue weighted by molar-refractivity contribution is 0.374. The van der Waals surface area contributed by atoms with E-state index in [1.807, 2.05) is 0 Å². The molecule has 0 amide bonds. The first-order chi connectivity index (χ1) is 8.85. The maximum Gasteiger partial charge on any atom is 0.0348 e. The molecular formula is C17H27N. The minimum Gasteiger partial charge on any atom is -0.310 e. The molecule has 1 aliphatic rings. The molecule has 18 heavy (non-hydrogen) atoms. The Bertz CT molecular complexity index is 335. The molecule has 0 radical (unpaired) electrons. The third-order valence-corrected chi connectivity index (χ3v) is 4.17. The van der Waals surface area contributed by atoms with Gasteiger partial charge in [-0.05, 0) is 42.9 Å². The van der Waals surface area contributed by atoms with Crippen LogP contribution in [0.1, 0.15) is 63.1 Å². The van der Waals surface area contributed by atoms with Crippen molar-refractivity contribution in [1.82, 2.24) is 5.32 Å². The van der Waals surface area contributed by atoms with Crippen LogP contribution in [0.15, 0.2) is 24.3 Å². The van der Waals surface area contributed by atoms with E-state index < -0.39 is 0 Å². The van der Waals surface area contributed by atoms with Gasteiger partial charge in [0.15, 0.2) is 0 Å². The summed E-state index contributed by atoms with van der Waals surface area (Å²) in [4.78, 5) is 0. The van der Waals surface area contributed by atoms with Crippen molar-refractivity contribution in [1.29, 1.82) is 0 Å². The zero-order valence-corrected chi connectivity index (χ0v) is 11.9. The summed E-state index contributed by atoms with van der Waals surface area (Å²) in [5.74, 6) is 0.849. The van der Waals surface area contributed by atoms with Crippen molar-refractivity contribution >= 4 is 0 Å². The fourth-order valence-corrected chi connectivity index (χ4v) is 3.25. The lowest BCUT2D eigenvalue weighted by Crippen LogP contribution is -2.26. The molecule has 1 heteroatoms. The van der Waals surface area contributed by atoms with Crippen LogP contribution < -0.4 is 5.32 Å². The molecule has 1 fully saturated rings. The standard InChI is InChI=1S/C17H27N/c1-3-7-14-10-12-16(13-11-14)17(18-4-2)15-8-5-6-9-15/h10-13,15,17-18H,3-9H2,1-2H3. The van der Waals surface area contributed by atoms with E-state index in [0.29, 0.717) is 6.04 Å². The van der Waals surface area contributed by atoms with Crippen molar-refractivity contribution in [2.75, 3.05) is 6.54 Å². The van der Waals surface area contributed by atoms with Crippen LogP contribution in [0, 0.1) is 5.92 Å². The van der Waals surface area contributed by atoms with Crippen LogP contribution in [0.25, 0.3) is 0 Å². The fourth-order valence-electron chi connectivity index (χ4n) is 3.25. The van der Waals surface area contributed by atoms with Gasteiger partial charge < -0.3 is 5.32 Å². The molecular weight excluding hydrogens is 218 g/mol. The van der Waals surface area contributed by atoms with E-state index in [1.165, 1.54) is 49.7 Å². The van der Waals surface area contributed by atoms with E-state index in [1.54, 1.807) is 0 Å². The number of aryl methyl sites for hydroxylation is 1. The van der Waals surface area contributed by atoms with Crippen LogP contribution in [-0.2, 0) is 6.42 Å². The normalized spacial score (nSPS) is 18.1. The Balaban J connectivity index is 2.09. The van der Waals surface area contributed by atoms with Gasteiger partial charge in [-0.1, -0.05) is 57.4 Å². The van der Waals surface area contributed by atoms with E-state index in [4.69, 9.17) is 0 Å². The average Bonchev–Trinajstić information content (AvgIpc) is 2.91. The summed E-state index contributed by atoms with van der Waals surface area (Å²) < 4.78 is 0. The molecule has 1 nitrogen and oxygen atoms in total. The number of hydrogen-bond acceptors (Lipinski definition) is 1. The highest BCUT2D eigenvalue weighted by Crippen LogP contribution is 2.35. The van der Waals surface area contributed by atoms with Crippen LogP contribution in [0.2, 0.25) is 0 Å². The molecule has 0 spiro atoms. The van der Waals surface area contributed by atoms with Crippen LogP contribution in [0.5, 0.6) is 0 Å². The van der Waals surface area contributed by atoms with Crippen LogP contribution in [0.4, 0.5) is 0 Å². The van der Waals surface area contributed by atoms with Gasteiger partial charge in [0.2, 0.25) is 0 Å². The molecule has 100 valence electrons. The van der Waals surface area contributed by atoms with Crippen LogP contribution in [0.3, 0.4) is 0 Å². The number of nitrogens with one attached hydrogen (secondary N) is 1. The second-order valence-corrected chi connectivity index (χ2v) is 5.57. The summed E-state index contributed by atoms with van der Waals surface area (Å²) in [5, 5.41) is 3.69. The summed E-state index contributed by atoms with van der Waals surface area (Å²) >= 11 is 0. The maximum absolute atomic E-state index is 3.69. The molecule has 0 bridgehead atoms. The van der Waals surface area contributed by atoms with Crippen LogP contribution >= 0.6 is 0 Å². The zero-order chi connectivity index (χ0) is 12.8. The Kier molecular flexibility index (Phi) is 5.25. The highest BCUT2D eigenvalue weighted by atomic mass is 14.9. The number of rotatable bonds is 6. The molecule has 0 aromatic heterocycles. The molecule has 1 atom stereocenters. The summed E-state index contributed by atoms with van der Waals surface area (Å²) in [7, 11) is 0. The Hall–Kier alpha value is -0.820. The third kappa shape index (κ3) is 3.35. The monoisotopic (exact) mass is 245 g/mol. The van der Waals surface area contributed by atoms with Gasteiger partial charge in [-0.3, -0.25) is 0 Å². The van der Waals surface area contributed by atoms with Crippen molar-refractivity contribution in [3.05, 3.63) is 35.4 Å². The van der Waals surface area contributed by atoms with E-state index >= 15 is 0 Å². The topological polar surface area (TPSA) is 12.0 Å². The fraction of sp³-hybridized carbons (Fsp3) is 0.647. The predicted molar refractivity (Wildman–Crippen MR) is 78.8 cm³/mol. The zero-order valence-electron chi connectivity index (χ0n) is 11.9. The first kappa shape index (κ1) is 13.6. The lowest BCUT2D eigenvalue weighted by atomic mass is 9.91.